The van der Waals surface area contributed by atoms with Gasteiger partial charge in [0, 0.05) is 0 Å². The number of hydrogen-bond acceptors (Lipinski definition) is 4. The first-order valence-electron chi connectivity index (χ1n) is 12.2. The molecule has 0 amide bonds. The molecule has 4 aromatic carbocycles. The Labute approximate surface area is 206 Å². The maximum atomic E-state index is 5.16. The summed E-state index contributed by atoms with van der Waals surface area (Å²) in [6, 6.07) is 42.6. The summed E-state index contributed by atoms with van der Waals surface area (Å²) in [5.74, 6) is 1.94. The standard InChI is InChI=1S/C31H28N4/c1-5-13-22(14-6-1)28-29(23-15-7-2-8-16-23)33-26(32-28)21-27-34-30(24-17-9-3-10-18-24)31(35-27)25-19-11-4-12-20-25/h1-20,28-31H,21H2,(H,32,33)(H,34,35)/t28-,29?,30-,31?/m0/s1. The van der Waals surface area contributed by atoms with E-state index in [1.165, 1.54) is 22.3 Å². The van der Waals surface area contributed by atoms with Crippen LogP contribution in [0.4, 0.5) is 0 Å². The van der Waals surface area contributed by atoms with E-state index in [4.69, 9.17) is 9.98 Å². The second kappa shape index (κ2) is 9.59. The van der Waals surface area contributed by atoms with Crippen LogP contribution in [-0.4, -0.2) is 11.7 Å². The molecule has 2 heterocycles. The number of nitrogens with one attached hydrogen (secondary N) is 2. The molecular weight excluding hydrogens is 428 g/mol. The van der Waals surface area contributed by atoms with E-state index in [0.29, 0.717) is 6.42 Å². The smallest absolute Gasteiger partial charge is 0.105 e. The van der Waals surface area contributed by atoms with Gasteiger partial charge in [-0.15, -0.1) is 0 Å². The van der Waals surface area contributed by atoms with Crippen LogP contribution in [0.25, 0.3) is 0 Å². The van der Waals surface area contributed by atoms with Gasteiger partial charge in [0.25, 0.3) is 0 Å². The summed E-state index contributed by atoms with van der Waals surface area (Å²) < 4.78 is 0. The third kappa shape index (κ3) is 4.47. The molecule has 4 aromatic rings. The zero-order valence-electron chi connectivity index (χ0n) is 19.5. The van der Waals surface area contributed by atoms with Crippen LogP contribution in [0.15, 0.2) is 131 Å². The van der Waals surface area contributed by atoms with Crippen molar-refractivity contribution < 1.29 is 0 Å². The summed E-state index contributed by atoms with van der Waals surface area (Å²) in [7, 11) is 0. The molecule has 35 heavy (non-hydrogen) atoms. The van der Waals surface area contributed by atoms with Gasteiger partial charge in [0.2, 0.25) is 0 Å². The highest BCUT2D eigenvalue weighted by Gasteiger charge is 2.35. The van der Waals surface area contributed by atoms with Gasteiger partial charge in [-0.25, -0.2) is 0 Å². The fourth-order valence-corrected chi connectivity index (χ4v) is 5.11. The summed E-state index contributed by atoms with van der Waals surface area (Å²) in [5.41, 5.74) is 4.92. The van der Waals surface area contributed by atoms with Crippen molar-refractivity contribution in [3.8, 4) is 0 Å². The van der Waals surface area contributed by atoms with E-state index in [2.05, 4.69) is 132 Å². The molecule has 0 radical (unpaired) electrons. The number of nitrogens with zero attached hydrogens (tertiary/aromatic N) is 2. The van der Waals surface area contributed by atoms with Gasteiger partial charge in [-0.3, -0.25) is 9.98 Å². The Morgan fingerprint density at radius 3 is 1.09 bits per heavy atom. The Balaban J connectivity index is 1.29. The zero-order chi connectivity index (χ0) is 23.5. The highest BCUT2D eigenvalue weighted by Crippen LogP contribution is 2.39. The van der Waals surface area contributed by atoms with Crippen molar-refractivity contribution >= 4 is 11.7 Å². The minimum absolute atomic E-state index is 0.0328. The first kappa shape index (κ1) is 21.4. The highest BCUT2D eigenvalue weighted by molar-refractivity contribution is 6.04. The minimum atomic E-state index is 0.0328. The molecule has 172 valence electrons. The monoisotopic (exact) mass is 456 g/mol. The molecule has 4 heteroatoms. The van der Waals surface area contributed by atoms with Crippen LogP contribution in [0.3, 0.4) is 0 Å². The summed E-state index contributed by atoms with van der Waals surface area (Å²) >= 11 is 0. The fourth-order valence-electron chi connectivity index (χ4n) is 5.11. The first-order valence-corrected chi connectivity index (χ1v) is 12.2. The molecule has 0 saturated carbocycles. The van der Waals surface area contributed by atoms with E-state index in [1.807, 2.05) is 0 Å². The van der Waals surface area contributed by atoms with Crippen LogP contribution in [0.5, 0.6) is 0 Å². The quantitative estimate of drug-likeness (QED) is 0.355. The lowest BCUT2D eigenvalue weighted by Gasteiger charge is -2.20. The molecule has 2 aliphatic heterocycles. The summed E-state index contributed by atoms with van der Waals surface area (Å²) in [6.07, 6.45) is 0.652. The maximum Gasteiger partial charge on any atom is 0.105 e. The van der Waals surface area contributed by atoms with E-state index in [0.717, 1.165) is 11.7 Å². The topological polar surface area (TPSA) is 48.8 Å². The molecule has 0 bridgehead atoms. The van der Waals surface area contributed by atoms with Crippen molar-refractivity contribution in [1.82, 2.24) is 10.6 Å². The normalized spacial score (nSPS) is 23.2. The molecule has 0 saturated heterocycles. The van der Waals surface area contributed by atoms with Crippen LogP contribution in [0.2, 0.25) is 0 Å². The lowest BCUT2D eigenvalue weighted by molar-refractivity contribution is 0.570. The van der Waals surface area contributed by atoms with E-state index in [-0.39, 0.29) is 24.2 Å². The zero-order valence-corrected chi connectivity index (χ0v) is 19.5. The minimum Gasteiger partial charge on any atom is -0.364 e. The van der Waals surface area contributed by atoms with Gasteiger partial charge >= 0.3 is 0 Å². The number of rotatable bonds is 6. The molecule has 0 aromatic heterocycles. The Morgan fingerprint density at radius 2 is 0.743 bits per heavy atom. The summed E-state index contributed by atoms with van der Waals surface area (Å²) in [4.78, 5) is 10.3. The Kier molecular flexibility index (Phi) is 5.85. The van der Waals surface area contributed by atoms with Crippen molar-refractivity contribution in [2.45, 2.75) is 30.6 Å². The Bertz CT molecular complexity index is 1210. The third-order valence-electron chi connectivity index (χ3n) is 6.80. The highest BCUT2D eigenvalue weighted by atomic mass is 15.2. The predicted molar refractivity (Wildman–Crippen MR) is 142 cm³/mol. The van der Waals surface area contributed by atoms with E-state index < -0.39 is 0 Å². The SMILES string of the molecule is c1ccc(C2NC(CC3=N[C@@H](c4ccccc4)C(c4ccccc4)N3)=N[C@H]2c2ccccc2)cc1. The lowest BCUT2D eigenvalue weighted by Crippen LogP contribution is -2.31. The fraction of sp³-hybridized carbons (Fsp3) is 0.161. The Hall–Kier alpha value is -4.18. The predicted octanol–water partition coefficient (Wildman–Crippen LogP) is 6.35. The van der Waals surface area contributed by atoms with Crippen molar-refractivity contribution in [3.63, 3.8) is 0 Å². The van der Waals surface area contributed by atoms with Crippen LogP contribution < -0.4 is 10.6 Å². The van der Waals surface area contributed by atoms with Gasteiger partial charge in [0.05, 0.1) is 18.5 Å². The average molecular weight is 457 g/mol. The number of aliphatic imine (C=N–C) groups is 2. The molecule has 2 aliphatic rings. The first-order chi connectivity index (χ1) is 17.3. The summed E-state index contributed by atoms with van der Waals surface area (Å²) in [5, 5.41) is 7.44. The molecule has 2 unspecified atom stereocenters. The van der Waals surface area contributed by atoms with Crippen LogP contribution in [0, 0.1) is 0 Å². The maximum absolute atomic E-state index is 5.16. The third-order valence-corrected chi connectivity index (χ3v) is 6.80. The van der Waals surface area contributed by atoms with Crippen LogP contribution >= 0.6 is 0 Å². The van der Waals surface area contributed by atoms with E-state index in [1.54, 1.807) is 0 Å². The van der Waals surface area contributed by atoms with Gasteiger partial charge in [-0.05, 0) is 22.3 Å². The lowest BCUT2D eigenvalue weighted by atomic mass is 9.95. The number of benzene rings is 4. The van der Waals surface area contributed by atoms with Crippen LogP contribution in [0.1, 0.15) is 52.8 Å². The molecular formula is C31H28N4. The molecule has 4 atom stereocenters. The van der Waals surface area contributed by atoms with Crippen molar-refractivity contribution in [1.29, 1.82) is 0 Å². The van der Waals surface area contributed by atoms with Gasteiger partial charge in [-0.2, -0.15) is 0 Å². The van der Waals surface area contributed by atoms with Crippen molar-refractivity contribution in [3.05, 3.63) is 144 Å². The molecule has 4 nitrogen and oxygen atoms in total. The Morgan fingerprint density at radius 1 is 0.429 bits per heavy atom. The van der Waals surface area contributed by atoms with Crippen molar-refractivity contribution in [2.24, 2.45) is 9.98 Å². The van der Waals surface area contributed by atoms with Gasteiger partial charge in [-0.1, -0.05) is 121 Å². The van der Waals surface area contributed by atoms with Crippen molar-refractivity contribution in [2.75, 3.05) is 0 Å². The second-order valence-corrected chi connectivity index (χ2v) is 9.10. The molecule has 0 spiro atoms. The average Bonchev–Trinajstić information content (AvgIpc) is 3.56. The summed E-state index contributed by atoms with van der Waals surface area (Å²) in [6.45, 7) is 0. The largest absolute Gasteiger partial charge is 0.364 e. The van der Waals surface area contributed by atoms with Gasteiger partial charge in [0.1, 0.15) is 23.8 Å². The molecule has 6 rings (SSSR count). The van der Waals surface area contributed by atoms with E-state index in [9.17, 15) is 0 Å². The molecule has 0 fully saturated rings. The number of hydrogen-bond donors (Lipinski definition) is 2. The number of amidine groups is 2. The second-order valence-electron chi connectivity index (χ2n) is 9.10. The van der Waals surface area contributed by atoms with Crippen LogP contribution in [-0.2, 0) is 0 Å². The van der Waals surface area contributed by atoms with E-state index >= 15 is 0 Å². The molecule has 0 aliphatic carbocycles. The van der Waals surface area contributed by atoms with Gasteiger partial charge < -0.3 is 10.6 Å². The van der Waals surface area contributed by atoms with Gasteiger partial charge in [0.15, 0.2) is 0 Å². The molecule has 2 N–H and O–H groups in total.